The van der Waals surface area contributed by atoms with Gasteiger partial charge in [-0.15, -0.1) is 11.6 Å². The normalized spacial score (nSPS) is 10.0. The maximum Gasteiger partial charge on any atom is 0.165 e. The zero-order valence-electron chi connectivity index (χ0n) is 11.8. The molecular formula is C16H16ClFN2O. The molecule has 0 aliphatic heterocycles. The zero-order valence-corrected chi connectivity index (χ0v) is 12.5. The highest BCUT2D eigenvalue weighted by atomic mass is 35.5. The van der Waals surface area contributed by atoms with E-state index >= 15 is 0 Å². The first-order valence-corrected chi connectivity index (χ1v) is 7.25. The minimum absolute atomic E-state index is 0.192. The van der Waals surface area contributed by atoms with Gasteiger partial charge in [-0.1, -0.05) is 11.8 Å². The van der Waals surface area contributed by atoms with Crippen LogP contribution in [0.5, 0.6) is 5.75 Å². The van der Waals surface area contributed by atoms with Crippen LogP contribution >= 0.6 is 11.6 Å². The van der Waals surface area contributed by atoms with Crippen molar-refractivity contribution >= 4 is 11.6 Å². The summed E-state index contributed by atoms with van der Waals surface area (Å²) < 4.78 is 21.0. The molecule has 3 nitrogen and oxygen atoms in total. The Hall–Kier alpha value is -1.99. The van der Waals surface area contributed by atoms with E-state index in [9.17, 15) is 4.39 Å². The summed E-state index contributed by atoms with van der Waals surface area (Å²) in [6.45, 7) is 3.07. The van der Waals surface area contributed by atoms with Crippen LogP contribution in [0.3, 0.4) is 0 Å². The third-order valence-electron chi connectivity index (χ3n) is 2.79. The van der Waals surface area contributed by atoms with Gasteiger partial charge < -0.3 is 4.74 Å². The summed E-state index contributed by atoms with van der Waals surface area (Å²) in [5.41, 5.74) is 1.61. The quantitative estimate of drug-likeness (QED) is 0.623. The smallest absolute Gasteiger partial charge is 0.165 e. The number of alkyl halides is 1. The Kier molecular flexibility index (Phi) is 5.65. The first-order chi connectivity index (χ1) is 10.2. The molecule has 2 aromatic rings. The van der Waals surface area contributed by atoms with Crippen molar-refractivity contribution in [3.05, 3.63) is 47.5 Å². The molecule has 21 heavy (non-hydrogen) atoms. The predicted octanol–water partition coefficient (Wildman–Crippen LogP) is 3.60. The molecule has 0 atom stereocenters. The summed E-state index contributed by atoms with van der Waals surface area (Å²) in [6.07, 6.45) is 4.19. The number of aryl methyl sites for hydroxylation is 1. The molecule has 5 heteroatoms. The molecule has 1 aromatic carbocycles. The molecule has 0 amide bonds. The van der Waals surface area contributed by atoms with Crippen LogP contribution in [-0.4, -0.2) is 15.7 Å². The Labute approximate surface area is 128 Å². The molecule has 0 saturated carbocycles. The van der Waals surface area contributed by atoms with Gasteiger partial charge in [0.05, 0.1) is 6.20 Å². The van der Waals surface area contributed by atoms with Crippen molar-refractivity contribution in [3.63, 3.8) is 0 Å². The van der Waals surface area contributed by atoms with Crippen LogP contribution in [0.1, 0.15) is 24.5 Å². The number of hydrogen-bond acceptors (Lipinski definition) is 2. The minimum Gasteiger partial charge on any atom is -0.486 e. The average Bonchev–Trinajstić information content (AvgIpc) is 2.96. The second-order valence-corrected chi connectivity index (χ2v) is 4.76. The van der Waals surface area contributed by atoms with Crippen LogP contribution in [-0.2, 0) is 13.2 Å². The highest BCUT2D eigenvalue weighted by Crippen LogP contribution is 2.19. The number of halogens is 2. The molecule has 0 aliphatic rings. The topological polar surface area (TPSA) is 27.1 Å². The van der Waals surface area contributed by atoms with Crippen LogP contribution in [0, 0.1) is 17.7 Å². The van der Waals surface area contributed by atoms with E-state index in [4.69, 9.17) is 16.3 Å². The molecule has 0 bridgehead atoms. The second-order valence-electron chi connectivity index (χ2n) is 4.38. The monoisotopic (exact) mass is 306 g/mol. The molecule has 110 valence electrons. The van der Waals surface area contributed by atoms with Crippen LogP contribution in [0.4, 0.5) is 4.39 Å². The van der Waals surface area contributed by atoms with E-state index in [1.807, 2.05) is 13.1 Å². The molecule has 0 saturated heterocycles. The Morgan fingerprint density at radius 1 is 1.43 bits per heavy atom. The lowest BCUT2D eigenvalue weighted by molar-refractivity contribution is 0.290. The lowest BCUT2D eigenvalue weighted by Gasteiger charge is -2.06. The highest BCUT2D eigenvalue weighted by molar-refractivity contribution is 6.18. The maximum absolute atomic E-state index is 13.7. The molecule has 1 heterocycles. The fourth-order valence-electron chi connectivity index (χ4n) is 1.72. The summed E-state index contributed by atoms with van der Waals surface area (Å²) >= 11 is 5.56. The number of aromatic nitrogens is 2. The van der Waals surface area contributed by atoms with Gasteiger partial charge in [0.25, 0.3) is 0 Å². The summed E-state index contributed by atoms with van der Waals surface area (Å²) in [6, 6.07) is 4.58. The summed E-state index contributed by atoms with van der Waals surface area (Å²) in [7, 11) is 0. The molecule has 2 rings (SSSR count). The molecule has 0 radical (unpaired) electrons. The van der Waals surface area contributed by atoms with E-state index in [0.29, 0.717) is 17.9 Å². The molecule has 0 aliphatic carbocycles. The Bertz CT molecular complexity index is 658. The molecule has 1 aromatic heterocycles. The van der Waals surface area contributed by atoms with Gasteiger partial charge in [0.1, 0.15) is 6.61 Å². The first kappa shape index (κ1) is 15.4. The lowest BCUT2D eigenvalue weighted by atomic mass is 10.2. The van der Waals surface area contributed by atoms with Crippen molar-refractivity contribution in [2.45, 2.75) is 26.5 Å². The van der Waals surface area contributed by atoms with E-state index in [-0.39, 0.29) is 12.4 Å². The second kappa shape index (κ2) is 7.70. The largest absolute Gasteiger partial charge is 0.486 e. The fraction of sp³-hybridized carbons (Fsp3) is 0.312. The third kappa shape index (κ3) is 4.51. The summed E-state index contributed by atoms with van der Waals surface area (Å²) in [5, 5.41) is 4.14. The summed E-state index contributed by atoms with van der Waals surface area (Å²) in [5.74, 6) is 6.11. The Morgan fingerprint density at radius 2 is 2.29 bits per heavy atom. The first-order valence-electron chi connectivity index (χ1n) is 6.71. The van der Waals surface area contributed by atoms with Crippen molar-refractivity contribution in [2.75, 3.05) is 5.88 Å². The highest BCUT2D eigenvalue weighted by Gasteiger charge is 2.05. The predicted molar refractivity (Wildman–Crippen MR) is 80.8 cm³/mol. The molecule has 0 fully saturated rings. The van der Waals surface area contributed by atoms with Crippen molar-refractivity contribution in [1.82, 2.24) is 9.78 Å². The van der Waals surface area contributed by atoms with Gasteiger partial charge in [-0.3, -0.25) is 4.68 Å². The van der Waals surface area contributed by atoms with Crippen molar-refractivity contribution < 1.29 is 9.13 Å². The van der Waals surface area contributed by atoms with Crippen molar-refractivity contribution in [3.8, 4) is 17.6 Å². The third-order valence-corrected chi connectivity index (χ3v) is 2.98. The van der Waals surface area contributed by atoms with Crippen molar-refractivity contribution in [2.24, 2.45) is 0 Å². The Morgan fingerprint density at radius 3 is 3.00 bits per heavy atom. The maximum atomic E-state index is 13.7. The van der Waals surface area contributed by atoms with Gasteiger partial charge in [0.15, 0.2) is 11.6 Å². The standard InChI is InChI=1S/C16H16ClFN2O/c1-2-20-11-14(10-19-20)12-21-16-9-13(5-3-4-8-17)6-7-15(16)18/h6-7,9-11H,2,4,8,12H2,1H3. The summed E-state index contributed by atoms with van der Waals surface area (Å²) in [4.78, 5) is 0. The van der Waals surface area contributed by atoms with Gasteiger partial charge in [-0.2, -0.15) is 5.10 Å². The van der Waals surface area contributed by atoms with Crippen LogP contribution < -0.4 is 4.74 Å². The van der Waals surface area contributed by atoms with Gasteiger partial charge in [0, 0.05) is 36.2 Å². The molecular weight excluding hydrogens is 291 g/mol. The number of nitrogens with zero attached hydrogens (tertiary/aromatic N) is 2. The zero-order chi connectivity index (χ0) is 15.1. The molecule has 0 spiro atoms. The SMILES string of the molecule is CCn1cc(COc2cc(C#CCCCl)ccc2F)cn1. The number of ether oxygens (including phenoxy) is 1. The van der Waals surface area contributed by atoms with Crippen LogP contribution in [0.2, 0.25) is 0 Å². The minimum atomic E-state index is -0.402. The van der Waals surface area contributed by atoms with Crippen LogP contribution in [0.25, 0.3) is 0 Å². The number of rotatable bonds is 5. The molecule has 0 unspecified atom stereocenters. The van der Waals surface area contributed by atoms with Gasteiger partial charge in [-0.05, 0) is 25.1 Å². The van der Waals surface area contributed by atoms with Gasteiger partial charge in [-0.25, -0.2) is 4.39 Å². The molecule has 0 N–H and O–H groups in total. The van der Waals surface area contributed by atoms with Gasteiger partial charge >= 0.3 is 0 Å². The van der Waals surface area contributed by atoms with E-state index < -0.39 is 5.82 Å². The fourth-order valence-corrected chi connectivity index (χ4v) is 1.81. The van der Waals surface area contributed by atoms with Gasteiger partial charge in [0.2, 0.25) is 0 Å². The lowest BCUT2D eigenvalue weighted by Crippen LogP contribution is -1.97. The van der Waals surface area contributed by atoms with E-state index in [1.54, 1.807) is 23.0 Å². The van der Waals surface area contributed by atoms with E-state index in [2.05, 4.69) is 16.9 Å². The number of hydrogen-bond donors (Lipinski definition) is 0. The van der Waals surface area contributed by atoms with E-state index in [1.165, 1.54) is 6.07 Å². The Balaban J connectivity index is 2.05. The number of benzene rings is 1. The van der Waals surface area contributed by atoms with Crippen molar-refractivity contribution in [1.29, 1.82) is 0 Å². The van der Waals surface area contributed by atoms with Crippen LogP contribution in [0.15, 0.2) is 30.6 Å². The van der Waals surface area contributed by atoms with E-state index in [0.717, 1.165) is 12.1 Å². The average molecular weight is 307 g/mol.